The van der Waals surface area contributed by atoms with E-state index in [1.807, 2.05) is 0 Å². The quantitative estimate of drug-likeness (QED) is 0.0869. The molecule has 0 saturated carbocycles. The van der Waals surface area contributed by atoms with Crippen LogP contribution in [-0.2, 0) is 9.53 Å². The fourth-order valence-corrected chi connectivity index (χ4v) is 5.03. The summed E-state index contributed by atoms with van der Waals surface area (Å²) >= 11 is 0. The Labute approximate surface area is 255 Å². The van der Waals surface area contributed by atoms with Crippen LogP contribution in [0.5, 0.6) is 5.75 Å². The predicted octanol–water partition coefficient (Wildman–Crippen LogP) is 10.1. The summed E-state index contributed by atoms with van der Waals surface area (Å²) in [6.45, 7) is 6.08. The summed E-state index contributed by atoms with van der Waals surface area (Å²) in [4.78, 5) is 36.9. The molecule has 0 amide bonds. The zero-order valence-electron chi connectivity index (χ0n) is 26.0. The second-order valence-corrected chi connectivity index (χ2v) is 11.3. The van der Waals surface area contributed by atoms with Gasteiger partial charge in [0.15, 0.2) is 11.6 Å². The van der Waals surface area contributed by atoms with E-state index in [1.54, 1.807) is 6.92 Å². The van der Waals surface area contributed by atoms with Gasteiger partial charge in [0, 0.05) is 12.0 Å². The molecule has 2 aromatic rings. The molecule has 1 N–H and O–H groups in total. The lowest BCUT2D eigenvalue weighted by atomic mass is 9.97. The van der Waals surface area contributed by atoms with Crippen molar-refractivity contribution in [2.75, 3.05) is 0 Å². The summed E-state index contributed by atoms with van der Waals surface area (Å²) in [5.41, 5.74) is -1.29. The highest BCUT2D eigenvalue weighted by molar-refractivity contribution is 5.97. The molecule has 0 unspecified atom stereocenters. The van der Waals surface area contributed by atoms with Gasteiger partial charge in [-0.1, -0.05) is 97.0 Å². The van der Waals surface area contributed by atoms with Crippen LogP contribution in [0.3, 0.4) is 0 Å². The number of benzene rings is 2. The van der Waals surface area contributed by atoms with Gasteiger partial charge in [-0.15, -0.1) is 0 Å². The summed E-state index contributed by atoms with van der Waals surface area (Å²) in [7, 11) is 0. The zero-order valence-corrected chi connectivity index (χ0v) is 26.0. The van der Waals surface area contributed by atoms with Gasteiger partial charge in [0.2, 0.25) is 0 Å². The highest BCUT2D eigenvalue weighted by atomic mass is 19.1. The van der Waals surface area contributed by atoms with Crippen LogP contribution >= 0.6 is 0 Å². The topological polar surface area (TPSA) is 89.9 Å². The summed E-state index contributed by atoms with van der Waals surface area (Å²) in [6.07, 6.45) is 15.3. The second-order valence-electron chi connectivity index (χ2n) is 11.3. The van der Waals surface area contributed by atoms with Gasteiger partial charge in [-0.05, 0) is 56.0 Å². The van der Waals surface area contributed by atoms with Crippen molar-refractivity contribution in [3.63, 3.8) is 0 Å². The molecule has 1 atom stereocenters. The molecular formula is C35H48F2O6. The fraction of sp³-hybridized carbons (Fsp3) is 0.571. The molecule has 0 saturated heterocycles. The van der Waals surface area contributed by atoms with Gasteiger partial charge in [-0.3, -0.25) is 4.79 Å². The summed E-state index contributed by atoms with van der Waals surface area (Å²) in [5, 5.41) is 9.66. The van der Waals surface area contributed by atoms with Gasteiger partial charge in [0.1, 0.15) is 5.82 Å². The Morgan fingerprint density at radius 1 is 0.767 bits per heavy atom. The molecule has 0 aliphatic rings. The van der Waals surface area contributed by atoms with Crippen molar-refractivity contribution in [2.24, 2.45) is 0 Å². The number of halogens is 2. The maximum atomic E-state index is 15.6. The number of esters is 2. The van der Waals surface area contributed by atoms with Crippen molar-refractivity contribution in [3.8, 4) is 16.9 Å². The van der Waals surface area contributed by atoms with Gasteiger partial charge >= 0.3 is 17.9 Å². The van der Waals surface area contributed by atoms with E-state index in [1.165, 1.54) is 51.0 Å². The first kappa shape index (κ1) is 35.9. The monoisotopic (exact) mass is 602 g/mol. The molecule has 0 aliphatic heterocycles. The number of hydrogen-bond acceptors (Lipinski definition) is 5. The lowest BCUT2D eigenvalue weighted by molar-refractivity contribution is -0.134. The summed E-state index contributed by atoms with van der Waals surface area (Å²) < 4.78 is 41.3. The SMILES string of the molecule is CCCCCCCCCCC(=O)Oc1ccc(C(=O)O)c(-c2ccc(C(=O)O[C@H](C)CCCCCCCC)c(F)c2)c1F. The van der Waals surface area contributed by atoms with Crippen LogP contribution in [0, 0.1) is 11.6 Å². The molecule has 43 heavy (non-hydrogen) atoms. The molecule has 2 aromatic carbocycles. The van der Waals surface area contributed by atoms with Gasteiger partial charge in [-0.25, -0.2) is 18.4 Å². The van der Waals surface area contributed by atoms with Crippen molar-refractivity contribution >= 4 is 17.9 Å². The molecule has 0 radical (unpaired) electrons. The normalized spacial score (nSPS) is 11.7. The highest BCUT2D eigenvalue weighted by Gasteiger charge is 2.24. The molecule has 238 valence electrons. The molecule has 0 spiro atoms. The van der Waals surface area contributed by atoms with E-state index in [0.717, 1.165) is 62.8 Å². The summed E-state index contributed by atoms with van der Waals surface area (Å²) in [6, 6.07) is 5.50. The first-order valence-corrected chi connectivity index (χ1v) is 16.0. The molecular weight excluding hydrogens is 554 g/mol. The third kappa shape index (κ3) is 12.5. The van der Waals surface area contributed by atoms with Crippen molar-refractivity contribution < 1.29 is 37.7 Å². The third-order valence-electron chi connectivity index (χ3n) is 7.55. The van der Waals surface area contributed by atoms with E-state index < -0.39 is 52.5 Å². The molecule has 0 aliphatic carbocycles. The van der Waals surface area contributed by atoms with Gasteiger partial charge < -0.3 is 14.6 Å². The van der Waals surface area contributed by atoms with Crippen molar-refractivity contribution in [1.82, 2.24) is 0 Å². The van der Waals surface area contributed by atoms with Crippen LogP contribution in [0.4, 0.5) is 8.78 Å². The number of carbonyl (C=O) groups excluding carboxylic acids is 2. The first-order chi connectivity index (χ1) is 20.7. The van der Waals surface area contributed by atoms with E-state index in [4.69, 9.17) is 9.47 Å². The summed E-state index contributed by atoms with van der Waals surface area (Å²) in [5.74, 6) is -5.40. The minimum Gasteiger partial charge on any atom is -0.478 e. The molecule has 8 heteroatoms. The van der Waals surface area contributed by atoms with Crippen molar-refractivity contribution in [1.29, 1.82) is 0 Å². The maximum absolute atomic E-state index is 15.6. The Balaban J connectivity index is 2.05. The Morgan fingerprint density at radius 2 is 1.33 bits per heavy atom. The lowest BCUT2D eigenvalue weighted by Crippen LogP contribution is -2.16. The average Bonchev–Trinajstić information content (AvgIpc) is 2.96. The maximum Gasteiger partial charge on any atom is 0.341 e. The molecule has 0 heterocycles. The van der Waals surface area contributed by atoms with Gasteiger partial charge in [0.05, 0.1) is 17.2 Å². The van der Waals surface area contributed by atoms with Crippen LogP contribution in [0.2, 0.25) is 0 Å². The molecule has 0 bridgehead atoms. The zero-order chi connectivity index (χ0) is 31.6. The van der Waals surface area contributed by atoms with Gasteiger partial charge in [-0.2, -0.15) is 0 Å². The highest BCUT2D eigenvalue weighted by Crippen LogP contribution is 2.34. The minimum absolute atomic E-state index is 0.104. The largest absolute Gasteiger partial charge is 0.478 e. The van der Waals surface area contributed by atoms with Crippen LogP contribution in [-0.4, -0.2) is 29.1 Å². The van der Waals surface area contributed by atoms with Gasteiger partial charge in [0.25, 0.3) is 0 Å². The van der Waals surface area contributed by atoms with Crippen LogP contribution in [0.25, 0.3) is 11.1 Å². The Hall–Kier alpha value is -3.29. The molecule has 6 nitrogen and oxygen atoms in total. The van der Waals surface area contributed by atoms with E-state index >= 15 is 8.78 Å². The number of carbonyl (C=O) groups is 3. The number of ether oxygens (including phenoxy) is 2. The number of hydrogen-bond donors (Lipinski definition) is 1. The molecule has 0 aromatic heterocycles. The second kappa shape index (κ2) is 19.8. The number of carboxylic acids is 1. The van der Waals surface area contributed by atoms with Crippen molar-refractivity contribution in [2.45, 2.75) is 130 Å². The lowest BCUT2D eigenvalue weighted by Gasteiger charge is -2.15. The average molecular weight is 603 g/mol. The minimum atomic E-state index is -1.43. The Kier molecular flexibility index (Phi) is 16.5. The van der Waals surface area contributed by atoms with Crippen molar-refractivity contribution in [3.05, 3.63) is 53.1 Å². The van der Waals surface area contributed by atoms with E-state index in [0.29, 0.717) is 12.8 Å². The van der Waals surface area contributed by atoms with Crippen LogP contribution in [0.1, 0.15) is 144 Å². The number of aromatic carboxylic acids is 1. The van der Waals surface area contributed by atoms with E-state index in [-0.39, 0.29) is 17.5 Å². The molecule has 2 rings (SSSR count). The number of unbranched alkanes of at least 4 members (excludes halogenated alkanes) is 12. The van der Waals surface area contributed by atoms with E-state index in [2.05, 4.69) is 13.8 Å². The fourth-order valence-electron chi connectivity index (χ4n) is 5.03. The Morgan fingerprint density at radius 3 is 1.91 bits per heavy atom. The first-order valence-electron chi connectivity index (χ1n) is 16.0. The third-order valence-corrected chi connectivity index (χ3v) is 7.55. The standard InChI is InChI=1S/C35H48F2O6/c1-4-6-8-10-12-13-15-17-19-31(38)43-30-23-22-28(34(39)40)32(33(30)37)26-20-21-27(29(36)24-26)35(41)42-25(3)18-16-14-11-9-7-5-2/h20-25H,4-19H2,1-3H3,(H,39,40)/t25-/m1/s1. The van der Waals surface area contributed by atoms with Crippen LogP contribution in [0.15, 0.2) is 30.3 Å². The Bertz CT molecular complexity index is 1180. The number of rotatable bonds is 21. The molecule has 0 fully saturated rings. The predicted molar refractivity (Wildman–Crippen MR) is 164 cm³/mol. The number of carboxylic acid groups (broad SMARTS) is 1. The van der Waals surface area contributed by atoms with E-state index in [9.17, 15) is 19.5 Å². The van der Waals surface area contributed by atoms with Crippen LogP contribution < -0.4 is 4.74 Å². The smallest absolute Gasteiger partial charge is 0.341 e.